The van der Waals surface area contributed by atoms with E-state index in [0.29, 0.717) is 31.9 Å². The van der Waals surface area contributed by atoms with Gasteiger partial charge in [-0.15, -0.1) is 0 Å². The summed E-state index contributed by atoms with van der Waals surface area (Å²) in [5.74, 6) is -0.711. The Morgan fingerprint density at radius 2 is 1.70 bits per heavy atom. The van der Waals surface area contributed by atoms with E-state index in [4.69, 9.17) is 4.74 Å². The molecular weight excluding hydrogens is 487 g/mol. The largest absolute Gasteiger partial charge is 0.444 e. The number of nitrogens with zero attached hydrogens (tertiary/aromatic N) is 2. The van der Waals surface area contributed by atoms with Crippen LogP contribution in [0.1, 0.15) is 31.1 Å². The second-order valence-corrected chi connectivity index (χ2v) is 9.70. The molecule has 1 aromatic rings. The summed E-state index contributed by atoms with van der Waals surface area (Å²) in [5.41, 5.74) is 0.120. The van der Waals surface area contributed by atoms with Gasteiger partial charge in [0.2, 0.25) is 0 Å². The molecule has 8 nitrogen and oxygen atoms in total. The van der Waals surface area contributed by atoms with Crippen molar-refractivity contribution in [2.24, 2.45) is 0 Å². The van der Waals surface area contributed by atoms with E-state index < -0.39 is 21.4 Å². The van der Waals surface area contributed by atoms with E-state index in [2.05, 4.69) is 3.07 Å². The molecule has 0 aliphatic carbocycles. The van der Waals surface area contributed by atoms with E-state index in [0.717, 1.165) is 6.26 Å². The minimum atomic E-state index is -3.61. The number of anilines is 1. The molecule has 1 fully saturated rings. The monoisotopic (exact) mass is 510 g/mol. The van der Waals surface area contributed by atoms with Crippen molar-refractivity contribution >= 4 is 50.6 Å². The average Bonchev–Trinajstić information content (AvgIpc) is 2.58. The van der Waals surface area contributed by atoms with E-state index >= 15 is 0 Å². The maximum absolute atomic E-state index is 12.1. The van der Waals surface area contributed by atoms with Gasteiger partial charge in [-0.05, 0) is 39.0 Å². The zero-order chi connectivity index (χ0) is 20.4. The molecule has 27 heavy (non-hydrogen) atoms. The van der Waals surface area contributed by atoms with Crippen LogP contribution >= 0.6 is 23.0 Å². The lowest BCUT2D eigenvalue weighted by Crippen LogP contribution is -2.50. The summed E-state index contributed by atoms with van der Waals surface area (Å²) in [4.78, 5) is 27.5. The molecule has 10 heteroatoms. The van der Waals surface area contributed by atoms with E-state index in [1.807, 2.05) is 25.7 Å². The molecule has 0 spiro atoms. The third-order valence-electron chi connectivity index (χ3n) is 3.95. The summed E-state index contributed by atoms with van der Waals surface area (Å²) in [7, 11) is -3.61. The Hall–Kier alpha value is -1.56. The third kappa shape index (κ3) is 5.71. The van der Waals surface area contributed by atoms with Crippen LogP contribution in [0.15, 0.2) is 23.1 Å². The van der Waals surface area contributed by atoms with Crippen molar-refractivity contribution in [2.75, 3.05) is 37.3 Å². The first-order valence-corrected chi connectivity index (χ1v) is 11.1. The van der Waals surface area contributed by atoms with Crippen LogP contribution in [0.25, 0.3) is 0 Å². The standard InChI is InChI=1S/C17H23IN2O6S/c1-17(2,3)25-16(22)20-9-7-19(8-10-20)12-5-6-13(15(21)26-18)14(11-12)27(4,23)24/h5-6,11H,7-10H2,1-4H3. The Labute approximate surface area is 173 Å². The maximum Gasteiger partial charge on any atom is 0.410 e. The van der Waals surface area contributed by atoms with Crippen LogP contribution in [0.5, 0.6) is 0 Å². The van der Waals surface area contributed by atoms with Gasteiger partial charge in [-0.3, -0.25) is 0 Å². The molecule has 2 rings (SSSR count). The maximum atomic E-state index is 12.1. The highest BCUT2D eigenvalue weighted by molar-refractivity contribution is 14.1. The number of carbonyl (C=O) groups excluding carboxylic acids is 2. The van der Waals surface area contributed by atoms with Crippen LogP contribution in [-0.2, 0) is 17.6 Å². The van der Waals surface area contributed by atoms with E-state index in [1.165, 1.54) is 35.1 Å². The van der Waals surface area contributed by atoms with Crippen LogP contribution in [0.3, 0.4) is 0 Å². The molecular formula is C17H23IN2O6S. The van der Waals surface area contributed by atoms with E-state index in [1.54, 1.807) is 11.0 Å². The van der Waals surface area contributed by atoms with Crippen LogP contribution in [0, 0.1) is 0 Å². The predicted octanol–water partition coefficient (Wildman–Crippen LogP) is 2.65. The summed E-state index contributed by atoms with van der Waals surface area (Å²) < 4.78 is 34.2. The summed E-state index contributed by atoms with van der Waals surface area (Å²) >= 11 is 1.43. The van der Waals surface area contributed by atoms with Gasteiger partial charge in [0.1, 0.15) is 5.60 Å². The highest BCUT2D eigenvalue weighted by Gasteiger charge is 2.27. The molecule has 0 atom stereocenters. The van der Waals surface area contributed by atoms with Crippen LogP contribution in [0.4, 0.5) is 10.5 Å². The SMILES string of the molecule is CC(C)(C)OC(=O)N1CCN(c2ccc(C(=O)OI)c(S(C)(=O)=O)c2)CC1. The number of hydrogen-bond acceptors (Lipinski definition) is 7. The zero-order valence-corrected chi connectivity index (χ0v) is 18.7. The van der Waals surface area contributed by atoms with Gasteiger partial charge in [-0.2, -0.15) is 0 Å². The van der Waals surface area contributed by atoms with Crippen molar-refractivity contribution in [1.82, 2.24) is 4.90 Å². The van der Waals surface area contributed by atoms with Crippen molar-refractivity contribution in [2.45, 2.75) is 31.3 Å². The predicted molar refractivity (Wildman–Crippen MR) is 109 cm³/mol. The molecule has 0 bridgehead atoms. The van der Waals surface area contributed by atoms with Gasteiger partial charge in [0, 0.05) is 38.1 Å². The van der Waals surface area contributed by atoms with Crippen molar-refractivity contribution in [1.29, 1.82) is 0 Å². The Kier molecular flexibility index (Phi) is 6.61. The van der Waals surface area contributed by atoms with E-state index in [9.17, 15) is 18.0 Å². The first-order chi connectivity index (χ1) is 12.4. The van der Waals surface area contributed by atoms with E-state index in [-0.39, 0.29) is 16.6 Å². The molecule has 0 aromatic heterocycles. The number of ether oxygens (including phenoxy) is 1. The molecule has 0 radical (unpaired) electrons. The molecule has 1 saturated heterocycles. The second kappa shape index (κ2) is 8.21. The number of amides is 1. The topological polar surface area (TPSA) is 93.2 Å². The molecule has 1 aromatic carbocycles. The highest BCUT2D eigenvalue weighted by atomic mass is 127. The molecule has 0 unspecified atom stereocenters. The fraction of sp³-hybridized carbons (Fsp3) is 0.529. The molecule has 1 amide bonds. The minimum absolute atomic E-state index is 0.00282. The lowest BCUT2D eigenvalue weighted by atomic mass is 10.1. The number of halogens is 1. The Balaban J connectivity index is 2.17. The Bertz CT molecular complexity index is 826. The van der Waals surface area contributed by atoms with Crippen LogP contribution < -0.4 is 4.90 Å². The number of piperazine rings is 1. The molecule has 150 valence electrons. The van der Waals surface area contributed by atoms with Crippen molar-refractivity contribution < 1.29 is 25.8 Å². The number of carbonyl (C=O) groups is 2. The Morgan fingerprint density at radius 1 is 1.11 bits per heavy atom. The first-order valence-electron chi connectivity index (χ1n) is 8.32. The summed E-state index contributed by atoms with van der Waals surface area (Å²) in [6, 6.07) is 4.61. The summed E-state index contributed by atoms with van der Waals surface area (Å²) in [6.07, 6.45) is 0.690. The van der Waals surface area contributed by atoms with Gasteiger partial charge in [0.15, 0.2) is 32.8 Å². The minimum Gasteiger partial charge on any atom is -0.444 e. The van der Waals surface area contributed by atoms with Gasteiger partial charge in [-0.1, -0.05) is 0 Å². The third-order valence-corrected chi connectivity index (χ3v) is 5.49. The molecule has 1 aliphatic heterocycles. The van der Waals surface area contributed by atoms with Crippen LogP contribution in [0.2, 0.25) is 0 Å². The van der Waals surface area contributed by atoms with Crippen molar-refractivity contribution in [3.63, 3.8) is 0 Å². The first kappa shape index (κ1) is 21.7. The molecule has 1 heterocycles. The summed E-state index contributed by atoms with van der Waals surface area (Å²) in [5, 5.41) is 0. The van der Waals surface area contributed by atoms with Gasteiger partial charge in [0.25, 0.3) is 0 Å². The van der Waals surface area contributed by atoms with Crippen molar-refractivity contribution in [3.8, 4) is 0 Å². The highest BCUT2D eigenvalue weighted by Crippen LogP contribution is 2.26. The van der Waals surface area contributed by atoms with Gasteiger partial charge < -0.3 is 17.6 Å². The van der Waals surface area contributed by atoms with Gasteiger partial charge >= 0.3 is 12.1 Å². The van der Waals surface area contributed by atoms with Gasteiger partial charge in [-0.25, -0.2) is 18.0 Å². The quantitative estimate of drug-likeness (QED) is 0.578. The lowest BCUT2D eigenvalue weighted by Gasteiger charge is -2.37. The number of rotatable bonds is 3. The smallest absolute Gasteiger partial charge is 0.410 e. The van der Waals surface area contributed by atoms with Crippen molar-refractivity contribution in [3.05, 3.63) is 23.8 Å². The fourth-order valence-electron chi connectivity index (χ4n) is 2.70. The molecule has 0 N–H and O–H groups in total. The molecule has 0 saturated carbocycles. The average molecular weight is 510 g/mol. The molecule has 1 aliphatic rings. The Morgan fingerprint density at radius 3 is 2.19 bits per heavy atom. The second-order valence-electron chi connectivity index (χ2n) is 7.27. The number of benzene rings is 1. The normalized spacial score (nSPS) is 15.4. The summed E-state index contributed by atoms with van der Waals surface area (Å²) in [6.45, 7) is 7.42. The van der Waals surface area contributed by atoms with Gasteiger partial charge in [0.05, 0.1) is 10.5 Å². The number of sulfone groups is 1. The lowest BCUT2D eigenvalue weighted by molar-refractivity contribution is 0.0240. The van der Waals surface area contributed by atoms with Crippen LogP contribution in [-0.4, -0.2) is 63.4 Å². The number of hydrogen-bond donors (Lipinski definition) is 0. The fourth-order valence-corrected chi connectivity index (χ4v) is 3.82. The zero-order valence-electron chi connectivity index (χ0n) is 15.7.